The molecule has 1 heterocycles. The van der Waals surface area contributed by atoms with E-state index in [4.69, 9.17) is 0 Å². The van der Waals surface area contributed by atoms with E-state index in [-0.39, 0.29) is 18.3 Å². The van der Waals surface area contributed by atoms with Crippen molar-refractivity contribution in [3.8, 4) is 11.1 Å². The molecule has 0 fully saturated rings. The zero-order valence-electron chi connectivity index (χ0n) is 15.6. The molecule has 6 heteroatoms. The fraction of sp³-hybridized carbons (Fsp3) is 0.130. The van der Waals surface area contributed by atoms with Crippen LogP contribution in [-0.2, 0) is 0 Å². The minimum Gasteiger partial charge on any atom is -0.396 e. The molecule has 4 rings (SSSR count). The minimum absolute atomic E-state index is 0.119. The summed E-state index contributed by atoms with van der Waals surface area (Å²) in [6.07, 6.45) is 2.06. The number of aromatic nitrogens is 2. The highest BCUT2D eigenvalue weighted by atomic mass is 19.1. The van der Waals surface area contributed by atoms with Crippen molar-refractivity contribution in [1.29, 1.82) is 0 Å². The van der Waals surface area contributed by atoms with Gasteiger partial charge in [-0.1, -0.05) is 30.3 Å². The predicted octanol–water partition coefficient (Wildman–Crippen LogP) is 4.22. The Morgan fingerprint density at radius 2 is 1.90 bits per heavy atom. The largest absolute Gasteiger partial charge is 0.396 e. The van der Waals surface area contributed by atoms with Crippen LogP contribution in [0.1, 0.15) is 28.4 Å². The summed E-state index contributed by atoms with van der Waals surface area (Å²) in [5, 5.41) is 20.2. The second-order valence-electron chi connectivity index (χ2n) is 6.85. The number of aliphatic hydroxyl groups is 1. The summed E-state index contributed by atoms with van der Waals surface area (Å²) >= 11 is 0. The van der Waals surface area contributed by atoms with Crippen LogP contribution < -0.4 is 5.32 Å². The van der Waals surface area contributed by atoms with Crippen LogP contribution in [-0.4, -0.2) is 27.8 Å². The molecule has 0 spiro atoms. The van der Waals surface area contributed by atoms with Crippen molar-refractivity contribution in [2.75, 3.05) is 6.61 Å². The monoisotopic (exact) mass is 389 g/mol. The van der Waals surface area contributed by atoms with E-state index in [1.165, 1.54) is 12.1 Å². The third kappa shape index (κ3) is 4.17. The van der Waals surface area contributed by atoms with Crippen LogP contribution in [0.25, 0.3) is 22.0 Å². The molecule has 1 atom stereocenters. The number of hydrogen-bond acceptors (Lipinski definition) is 3. The van der Waals surface area contributed by atoms with E-state index in [0.717, 1.165) is 22.0 Å². The SMILES string of the molecule is O=C(NC(CCO)c1cccc(F)c1)c1cccc(-c2ccc3[nH]ncc3c2)c1. The lowest BCUT2D eigenvalue weighted by atomic mass is 10.0. The maximum atomic E-state index is 13.6. The molecule has 29 heavy (non-hydrogen) atoms. The maximum absolute atomic E-state index is 13.6. The summed E-state index contributed by atoms with van der Waals surface area (Å²) in [4.78, 5) is 12.8. The van der Waals surface area contributed by atoms with Gasteiger partial charge in [0.25, 0.3) is 5.91 Å². The average Bonchev–Trinajstić information content (AvgIpc) is 3.21. The number of fused-ring (bicyclic) bond motifs is 1. The third-order valence-electron chi connectivity index (χ3n) is 4.87. The van der Waals surface area contributed by atoms with Gasteiger partial charge in [-0.15, -0.1) is 0 Å². The van der Waals surface area contributed by atoms with Crippen molar-refractivity contribution in [3.63, 3.8) is 0 Å². The topological polar surface area (TPSA) is 78.0 Å². The number of H-pyrrole nitrogens is 1. The van der Waals surface area contributed by atoms with E-state index in [9.17, 15) is 14.3 Å². The number of carbonyl (C=O) groups excluding carboxylic acids is 1. The molecule has 1 unspecified atom stereocenters. The zero-order valence-corrected chi connectivity index (χ0v) is 15.6. The van der Waals surface area contributed by atoms with Gasteiger partial charge in [-0.05, 0) is 59.5 Å². The van der Waals surface area contributed by atoms with Gasteiger partial charge in [0.1, 0.15) is 5.82 Å². The Morgan fingerprint density at radius 1 is 1.07 bits per heavy atom. The van der Waals surface area contributed by atoms with Crippen LogP contribution in [0.4, 0.5) is 4.39 Å². The number of benzene rings is 3. The Hall–Kier alpha value is -3.51. The van der Waals surface area contributed by atoms with Gasteiger partial charge in [0, 0.05) is 17.6 Å². The number of carbonyl (C=O) groups is 1. The number of rotatable bonds is 6. The first-order chi connectivity index (χ1) is 14.1. The number of aliphatic hydroxyl groups excluding tert-OH is 1. The second-order valence-corrected chi connectivity index (χ2v) is 6.85. The molecular formula is C23H20FN3O2. The smallest absolute Gasteiger partial charge is 0.251 e. The number of hydrogen-bond donors (Lipinski definition) is 3. The molecule has 4 aromatic rings. The zero-order chi connectivity index (χ0) is 20.2. The number of nitrogens with zero attached hydrogens (tertiary/aromatic N) is 1. The normalized spacial score (nSPS) is 12.1. The molecule has 0 radical (unpaired) electrons. The first-order valence-electron chi connectivity index (χ1n) is 9.35. The lowest BCUT2D eigenvalue weighted by Gasteiger charge is -2.19. The van der Waals surface area contributed by atoms with Crippen molar-refractivity contribution in [1.82, 2.24) is 15.5 Å². The van der Waals surface area contributed by atoms with Crippen molar-refractivity contribution < 1.29 is 14.3 Å². The first-order valence-corrected chi connectivity index (χ1v) is 9.35. The Kier molecular flexibility index (Phi) is 5.35. The van der Waals surface area contributed by atoms with Crippen molar-refractivity contribution in [2.45, 2.75) is 12.5 Å². The molecule has 5 nitrogen and oxygen atoms in total. The van der Waals surface area contributed by atoms with E-state index in [1.54, 1.807) is 24.4 Å². The van der Waals surface area contributed by atoms with Gasteiger partial charge in [0.15, 0.2) is 0 Å². The lowest BCUT2D eigenvalue weighted by molar-refractivity contribution is 0.0930. The summed E-state index contributed by atoms with van der Waals surface area (Å²) in [5.74, 6) is -0.657. The van der Waals surface area contributed by atoms with Crippen molar-refractivity contribution in [3.05, 3.63) is 89.9 Å². The molecule has 0 aliphatic rings. The molecule has 1 amide bonds. The molecule has 0 saturated carbocycles. The summed E-state index contributed by atoms with van der Waals surface area (Å²) in [6.45, 7) is -0.119. The van der Waals surface area contributed by atoms with Crippen LogP contribution >= 0.6 is 0 Å². The van der Waals surface area contributed by atoms with E-state index in [1.807, 2.05) is 36.4 Å². The van der Waals surface area contributed by atoms with Crippen molar-refractivity contribution >= 4 is 16.8 Å². The second kappa shape index (κ2) is 8.24. The van der Waals surface area contributed by atoms with E-state index in [0.29, 0.717) is 17.5 Å². The van der Waals surface area contributed by atoms with Gasteiger partial charge in [-0.2, -0.15) is 5.10 Å². The average molecular weight is 389 g/mol. The summed E-state index contributed by atoms with van der Waals surface area (Å²) in [6, 6.07) is 18.8. The molecule has 146 valence electrons. The molecule has 3 N–H and O–H groups in total. The minimum atomic E-state index is -0.478. The first kappa shape index (κ1) is 18.8. The summed E-state index contributed by atoms with van der Waals surface area (Å²) < 4.78 is 13.6. The molecule has 0 aliphatic carbocycles. The van der Waals surface area contributed by atoms with E-state index < -0.39 is 6.04 Å². The highest BCUT2D eigenvalue weighted by Gasteiger charge is 2.16. The third-order valence-corrected chi connectivity index (χ3v) is 4.87. The van der Waals surface area contributed by atoms with Crippen LogP contribution in [0.15, 0.2) is 72.9 Å². The fourth-order valence-corrected chi connectivity index (χ4v) is 3.38. The van der Waals surface area contributed by atoms with Gasteiger partial charge < -0.3 is 10.4 Å². The van der Waals surface area contributed by atoms with Gasteiger partial charge in [-0.3, -0.25) is 9.89 Å². The van der Waals surface area contributed by atoms with Gasteiger partial charge >= 0.3 is 0 Å². The van der Waals surface area contributed by atoms with E-state index in [2.05, 4.69) is 15.5 Å². The molecular weight excluding hydrogens is 369 g/mol. The summed E-state index contributed by atoms with van der Waals surface area (Å²) in [7, 11) is 0. The Labute approximate surface area is 167 Å². The van der Waals surface area contributed by atoms with Crippen LogP contribution in [0.3, 0.4) is 0 Å². The standard InChI is InChI=1S/C23H20FN3O2/c24-20-6-2-4-17(13-20)21(9-10-28)26-23(29)18-5-1-3-15(11-18)16-7-8-22-19(12-16)14-25-27-22/h1-8,11-14,21,28H,9-10H2,(H,25,27)(H,26,29). The highest BCUT2D eigenvalue weighted by molar-refractivity contribution is 5.96. The number of aromatic amines is 1. The molecule has 0 bridgehead atoms. The van der Waals surface area contributed by atoms with Gasteiger partial charge in [-0.25, -0.2) is 4.39 Å². The quantitative estimate of drug-likeness (QED) is 0.462. The number of halogens is 1. The molecule has 1 aromatic heterocycles. The molecule has 0 saturated heterocycles. The van der Waals surface area contributed by atoms with Gasteiger partial charge in [0.2, 0.25) is 0 Å². The highest BCUT2D eigenvalue weighted by Crippen LogP contribution is 2.25. The molecule has 0 aliphatic heterocycles. The molecule has 3 aromatic carbocycles. The van der Waals surface area contributed by atoms with Crippen molar-refractivity contribution in [2.24, 2.45) is 0 Å². The van der Waals surface area contributed by atoms with Crippen LogP contribution in [0.2, 0.25) is 0 Å². The number of nitrogens with one attached hydrogen (secondary N) is 2. The fourth-order valence-electron chi connectivity index (χ4n) is 3.38. The maximum Gasteiger partial charge on any atom is 0.251 e. The van der Waals surface area contributed by atoms with Crippen LogP contribution in [0, 0.1) is 5.82 Å². The van der Waals surface area contributed by atoms with Crippen LogP contribution in [0.5, 0.6) is 0 Å². The van der Waals surface area contributed by atoms with E-state index >= 15 is 0 Å². The lowest BCUT2D eigenvalue weighted by Crippen LogP contribution is -2.29. The number of amides is 1. The Bertz CT molecular complexity index is 1160. The summed E-state index contributed by atoms with van der Waals surface area (Å²) in [5.41, 5.74) is 3.95. The Balaban J connectivity index is 1.58. The van der Waals surface area contributed by atoms with Gasteiger partial charge in [0.05, 0.1) is 17.8 Å². The predicted molar refractivity (Wildman–Crippen MR) is 110 cm³/mol. The Morgan fingerprint density at radius 3 is 2.72 bits per heavy atom.